The number of aliphatic hydroxyl groups is 2. The number of hydrogen-bond donors (Lipinski definition) is 4. The van der Waals surface area contributed by atoms with Gasteiger partial charge in [0.2, 0.25) is 0 Å². The summed E-state index contributed by atoms with van der Waals surface area (Å²) < 4.78 is 5.56. The molecular weight excluding hydrogens is 292 g/mol. The van der Waals surface area contributed by atoms with Gasteiger partial charge in [-0.2, -0.15) is 0 Å². The fourth-order valence-electron chi connectivity index (χ4n) is 2.68. The van der Waals surface area contributed by atoms with Gasteiger partial charge >= 0.3 is 0 Å². The number of benzene rings is 1. The topological polar surface area (TPSA) is 58.6 Å². The third kappa shape index (κ3) is 5.80. The predicted octanol–water partition coefficient (Wildman–Crippen LogP) is -2.14. The van der Waals surface area contributed by atoms with E-state index in [0.717, 1.165) is 38.5 Å². The van der Waals surface area contributed by atoms with Crippen LogP contribution in [0.3, 0.4) is 0 Å². The van der Waals surface area contributed by atoms with E-state index in [1.54, 1.807) is 24.3 Å². The fraction of sp³-hybridized carbons (Fsp3) is 0.600. The van der Waals surface area contributed by atoms with Crippen LogP contribution in [0.5, 0.6) is 5.75 Å². The maximum absolute atomic E-state index is 10.1. The fourth-order valence-corrected chi connectivity index (χ4v) is 2.81. The highest BCUT2D eigenvalue weighted by atomic mass is 35.5. The van der Waals surface area contributed by atoms with Crippen molar-refractivity contribution in [2.75, 3.05) is 52.5 Å². The lowest BCUT2D eigenvalue weighted by molar-refractivity contribution is -1.01. The quantitative estimate of drug-likeness (QED) is 0.464. The smallest absolute Gasteiger partial charge is 0.137 e. The monoisotopic (exact) mass is 316 g/mol. The molecule has 0 amide bonds. The molecule has 1 fully saturated rings. The van der Waals surface area contributed by atoms with Crippen molar-refractivity contribution in [2.45, 2.75) is 6.10 Å². The van der Waals surface area contributed by atoms with Crippen LogP contribution in [0.4, 0.5) is 0 Å². The van der Waals surface area contributed by atoms with Crippen LogP contribution in [0, 0.1) is 0 Å². The van der Waals surface area contributed by atoms with E-state index in [1.807, 2.05) is 0 Å². The van der Waals surface area contributed by atoms with Crippen LogP contribution in [-0.4, -0.2) is 68.8 Å². The molecule has 1 saturated heterocycles. The molecule has 0 unspecified atom stereocenters. The van der Waals surface area contributed by atoms with Crippen LogP contribution >= 0.6 is 11.6 Å². The van der Waals surface area contributed by atoms with Crippen molar-refractivity contribution in [3.05, 3.63) is 29.3 Å². The number of hydrogen-bond acceptors (Lipinski definition) is 3. The Morgan fingerprint density at radius 3 is 2.33 bits per heavy atom. The summed E-state index contributed by atoms with van der Waals surface area (Å²) >= 11 is 5.81. The van der Waals surface area contributed by atoms with E-state index in [0.29, 0.717) is 18.2 Å². The van der Waals surface area contributed by atoms with Crippen LogP contribution in [-0.2, 0) is 0 Å². The highest BCUT2D eigenvalue weighted by Gasteiger charge is 2.24. The van der Waals surface area contributed by atoms with Gasteiger partial charge in [0.15, 0.2) is 0 Å². The molecule has 0 saturated carbocycles. The van der Waals surface area contributed by atoms with E-state index in [4.69, 9.17) is 21.4 Å². The molecule has 0 bridgehead atoms. The second kappa shape index (κ2) is 8.56. The summed E-state index contributed by atoms with van der Waals surface area (Å²) in [4.78, 5) is 2.86. The molecule has 118 valence electrons. The maximum atomic E-state index is 10.1. The van der Waals surface area contributed by atoms with E-state index >= 15 is 0 Å². The number of nitrogens with one attached hydrogen (secondary N) is 2. The van der Waals surface area contributed by atoms with Crippen LogP contribution in [0.2, 0.25) is 5.02 Å². The van der Waals surface area contributed by atoms with Gasteiger partial charge < -0.3 is 24.7 Å². The Labute approximate surface area is 130 Å². The second-order valence-electron chi connectivity index (χ2n) is 5.60. The summed E-state index contributed by atoms with van der Waals surface area (Å²) in [6, 6.07) is 7.16. The summed E-state index contributed by atoms with van der Waals surface area (Å²) in [5.74, 6) is 0.727. The van der Waals surface area contributed by atoms with Crippen LogP contribution in [0.1, 0.15) is 0 Å². The van der Waals surface area contributed by atoms with Crippen LogP contribution in [0.25, 0.3) is 0 Å². The molecule has 5 nitrogen and oxygen atoms in total. The van der Waals surface area contributed by atoms with Gasteiger partial charge in [-0.05, 0) is 24.3 Å². The zero-order valence-corrected chi connectivity index (χ0v) is 13.0. The van der Waals surface area contributed by atoms with Gasteiger partial charge in [-0.3, -0.25) is 0 Å². The zero-order valence-electron chi connectivity index (χ0n) is 12.2. The minimum Gasteiger partial charge on any atom is -0.491 e. The minimum atomic E-state index is -0.463. The van der Waals surface area contributed by atoms with Crippen LogP contribution in [0.15, 0.2) is 24.3 Å². The van der Waals surface area contributed by atoms with Gasteiger partial charge in [0, 0.05) is 5.02 Å². The minimum absolute atomic E-state index is 0.252. The lowest BCUT2D eigenvalue weighted by atomic mass is 10.2. The largest absolute Gasteiger partial charge is 0.491 e. The summed E-state index contributed by atoms with van der Waals surface area (Å²) in [6.07, 6.45) is -0.463. The van der Waals surface area contributed by atoms with Gasteiger partial charge in [-0.1, -0.05) is 11.6 Å². The molecule has 1 aliphatic rings. The highest BCUT2D eigenvalue weighted by molar-refractivity contribution is 6.30. The van der Waals surface area contributed by atoms with Crippen molar-refractivity contribution < 1.29 is 24.7 Å². The molecule has 4 N–H and O–H groups in total. The molecule has 1 aromatic carbocycles. The van der Waals surface area contributed by atoms with Crippen molar-refractivity contribution in [3.8, 4) is 5.75 Å². The summed E-state index contributed by atoms with van der Waals surface area (Å²) in [7, 11) is 0. The molecule has 0 spiro atoms. The lowest BCUT2D eigenvalue weighted by Gasteiger charge is -2.30. The Balaban J connectivity index is 1.65. The number of piperazine rings is 1. The van der Waals surface area contributed by atoms with Gasteiger partial charge in [0.1, 0.15) is 57.7 Å². The van der Waals surface area contributed by atoms with Crippen molar-refractivity contribution in [1.29, 1.82) is 0 Å². The van der Waals surface area contributed by atoms with Crippen molar-refractivity contribution >= 4 is 11.6 Å². The van der Waals surface area contributed by atoms with Gasteiger partial charge in [-0.25, -0.2) is 0 Å². The first-order valence-electron chi connectivity index (χ1n) is 7.52. The van der Waals surface area contributed by atoms with Gasteiger partial charge in [-0.15, -0.1) is 0 Å². The molecule has 1 aromatic rings. The SMILES string of the molecule is OCC[NH+]1CC[NH+](C[C@@H](O)COc2ccc(Cl)cc2)CC1. The molecule has 6 heteroatoms. The average molecular weight is 317 g/mol. The molecule has 1 heterocycles. The van der Waals surface area contributed by atoms with E-state index < -0.39 is 6.10 Å². The third-order valence-electron chi connectivity index (χ3n) is 3.91. The Morgan fingerprint density at radius 1 is 1.10 bits per heavy atom. The molecule has 0 radical (unpaired) electrons. The number of aliphatic hydroxyl groups excluding tert-OH is 2. The van der Waals surface area contributed by atoms with E-state index in [-0.39, 0.29) is 6.61 Å². The molecule has 0 aliphatic carbocycles. The second-order valence-corrected chi connectivity index (χ2v) is 6.03. The Hall–Kier alpha value is -0.850. The normalized spacial score (nSPS) is 23.8. The molecular formula is C15H25ClN2O3+2. The van der Waals surface area contributed by atoms with Gasteiger partial charge in [0.25, 0.3) is 0 Å². The zero-order chi connectivity index (χ0) is 15.1. The van der Waals surface area contributed by atoms with Crippen molar-refractivity contribution in [2.24, 2.45) is 0 Å². The molecule has 1 atom stereocenters. The van der Waals surface area contributed by atoms with E-state index in [9.17, 15) is 5.11 Å². The standard InChI is InChI=1S/C15H23ClN2O3/c16-13-1-3-15(4-2-13)21-12-14(20)11-18-7-5-17(6-8-18)9-10-19/h1-4,14,19-20H,5-12H2/p+2/t14-/m1/s1. The van der Waals surface area contributed by atoms with E-state index in [2.05, 4.69) is 0 Å². The number of rotatable bonds is 7. The first-order chi connectivity index (χ1) is 10.2. The number of halogens is 1. The number of quaternary nitrogens is 2. The van der Waals surface area contributed by atoms with Crippen molar-refractivity contribution in [3.63, 3.8) is 0 Å². The summed E-state index contributed by atoms with van der Waals surface area (Å²) in [6.45, 7) is 6.28. The first-order valence-corrected chi connectivity index (χ1v) is 7.89. The van der Waals surface area contributed by atoms with Crippen LogP contribution < -0.4 is 14.5 Å². The van der Waals surface area contributed by atoms with Crippen molar-refractivity contribution in [1.82, 2.24) is 0 Å². The summed E-state index contributed by atoms with van der Waals surface area (Å²) in [5, 5.41) is 19.7. The van der Waals surface area contributed by atoms with E-state index in [1.165, 1.54) is 9.80 Å². The molecule has 21 heavy (non-hydrogen) atoms. The number of ether oxygens (including phenoxy) is 1. The predicted molar refractivity (Wildman–Crippen MR) is 81.2 cm³/mol. The maximum Gasteiger partial charge on any atom is 0.137 e. The molecule has 0 aromatic heterocycles. The highest BCUT2D eigenvalue weighted by Crippen LogP contribution is 2.15. The lowest BCUT2D eigenvalue weighted by Crippen LogP contribution is -3.28. The molecule has 1 aliphatic heterocycles. The summed E-state index contributed by atoms with van der Waals surface area (Å²) in [5.41, 5.74) is 0. The van der Waals surface area contributed by atoms with Gasteiger partial charge in [0.05, 0.1) is 6.61 Å². The Morgan fingerprint density at radius 2 is 1.71 bits per heavy atom. The Bertz CT molecular complexity index is 408. The Kier molecular flexibility index (Phi) is 6.73. The first kappa shape index (κ1) is 16.5. The third-order valence-corrected chi connectivity index (χ3v) is 4.16. The average Bonchev–Trinajstić information content (AvgIpc) is 2.49. The molecule has 2 rings (SSSR count).